The van der Waals surface area contributed by atoms with Crippen LogP contribution in [0.5, 0.6) is 11.5 Å². The highest BCUT2D eigenvalue weighted by Crippen LogP contribution is 2.36. The van der Waals surface area contributed by atoms with Gasteiger partial charge in [-0.2, -0.15) is 0 Å². The van der Waals surface area contributed by atoms with Crippen LogP contribution in [0.4, 0.5) is 14.5 Å². The fourth-order valence-corrected chi connectivity index (χ4v) is 3.51. The van der Waals surface area contributed by atoms with Crippen LogP contribution in [0.15, 0.2) is 65.4 Å². The van der Waals surface area contributed by atoms with Crippen molar-refractivity contribution in [1.29, 1.82) is 0 Å². The summed E-state index contributed by atoms with van der Waals surface area (Å²) in [6.45, 7) is 5.09. The highest BCUT2D eigenvalue weighted by atomic mass is 32.2. The van der Waals surface area contributed by atoms with E-state index in [2.05, 4.69) is 11.3 Å². The van der Waals surface area contributed by atoms with Crippen molar-refractivity contribution in [2.75, 3.05) is 4.72 Å². The summed E-state index contributed by atoms with van der Waals surface area (Å²) in [4.78, 5) is 12.3. The maximum Gasteiger partial charge on any atom is 0.254 e. The molecule has 0 aliphatic heterocycles. The molecule has 0 aliphatic carbocycles. The number of rotatable bonds is 7. The van der Waals surface area contributed by atoms with E-state index >= 15 is 0 Å². The monoisotopic (exact) mass is 446 g/mol. The molecule has 0 atom stereocenters. The van der Waals surface area contributed by atoms with Crippen molar-refractivity contribution in [2.45, 2.75) is 13.3 Å². The number of nitrogens with zero attached hydrogens (tertiary/aromatic N) is 1. The second-order valence-electron chi connectivity index (χ2n) is 6.73. The highest BCUT2D eigenvalue weighted by Gasteiger charge is 2.15. The number of aryl methyl sites for hydroxylation is 2. The van der Waals surface area contributed by atoms with Crippen molar-refractivity contribution in [1.82, 2.24) is 4.57 Å². The molecule has 6 nitrogen and oxygen atoms in total. The van der Waals surface area contributed by atoms with E-state index < -0.39 is 21.7 Å². The minimum atomic E-state index is -3.77. The molecule has 1 heterocycles. The summed E-state index contributed by atoms with van der Waals surface area (Å²) in [5.41, 5.74) is 1.54. The number of anilines is 1. The zero-order chi connectivity index (χ0) is 22.8. The zero-order valence-corrected chi connectivity index (χ0v) is 17.7. The van der Waals surface area contributed by atoms with Crippen molar-refractivity contribution in [3.8, 4) is 22.6 Å². The maximum atomic E-state index is 14.1. The molecule has 0 spiro atoms. The Hall–Kier alpha value is -3.46. The first-order chi connectivity index (χ1) is 14.6. The molecule has 0 saturated heterocycles. The number of benzene rings is 2. The number of nitrogens with one attached hydrogen (secondary N) is 1. The SMILES string of the molecule is C=CS(=O)(=O)Nc1ccc(Oc2ccc(F)cc2F)c(-c2cc(CC)c(=O)n(C)c2)c1. The molecule has 0 radical (unpaired) electrons. The largest absolute Gasteiger partial charge is 0.454 e. The molecule has 0 aliphatic rings. The normalized spacial score (nSPS) is 11.2. The quantitative estimate of drug-likeness (QED) is 0.577. The van der Waals surface area contributed by atoms with E-state index in [0.29, 0.717) is 29.2 Å². The molecule has 2 aromatic carbocycles. The van der Waals surface area contributed by atoms with Crippen molar-refractivity contribution in [2.24, 2.45) is 7.05 Å². The third kappa shape index (κ3) is 5.00. The van der Waals surface area contributed by atoms with Crippen LogP contribution in [0.25, 0.3) is 11.1 Å². The van der Waals surface area contributed by atoms with E-state index in [4.69, 9.17) is 4.74 Å². The lowest BCUT2D eigenvalue weighted by molar-refractivity contribution is 0.439. The van der Waals surface area contributed by atoms with E-state index in [-0.39, 0.29) is 22.7 Å². The standard InChI is InChI=1S/C22H20F2N2O4S/c1-4-14-10-15(13-26(3)22(14)27)18-12-17(25-31(28,29)5-2)7-9-20(18)30-21-8-6-16(23)11-19(21)24/h5-13,25H,2,4H2,1,3H3. The Kier molecular flexibility index (Phi) is 6.26. The Labute approximate surface area is 178 Å². The third-order valence-electron chi connectivity index (χ3n) is 4.52. The molecule has 0 unspecified atom stereocenters. The number of hydrogen-bond acceptors (Lipinski definition) is 4. The van der Waals surface area contributed by atoms with Crippen LogP contribution in [-0.2, 0) is 23.5 Å². The molecule has 1 aromatic heterocycles. The molecular weight excluding hydrogens is 426 g/mol. The van der Waals surface area contributed by atoms with Gasteiger partial charge >= 0.3 is 0 Å². The van der Waals surface area contributed by atoms with E-state index in [1.807, 2.05) is 6.92 Å². The summed E-state index contributed by atoms with van der Waals surface area (Å²) >= 11 is 0. The second-order valence-corrected chi connectivity index (χ2v) is 8.35. The van der Waals surface area contributed by atoms with Gasteiger partial charge in [0.1, 0.15) is 11.6 Å². The summed E-state index contributed by atoms with van der Waals surface area (Å²) in [6, 6.07) is 8.96. The van der Waals surface area contributed by atoms with Crippen LogP contribution in [0.2, 0.25) is 0 Å². The van der Waals surface area contributed by atoms with Gasteiger partial charge in [-0.1, -0.05) is 13.5 Å². The van der Waals surface area contributed by atoms with Crippen molar-refractivity contribution < 1.29 is 21.9 Å². The Bertz CT molecular complexity index is 1320. The Morgan fingerprint density at radius 3 is 2.48 bits per heavy atom. The minimum Gasteiger partial charge on any atom is -0.454 e. The summed E-state index contributed by atoms with van der Waals surface area (Å²) in [5, 5.41) is 0.770. The van der Waals surface area contributed by atoms with Crippen LogP contribution < -0.4 is 15.0 Å². The van der Waals surface area contributed by atoms with Crippen molar-refractivity contribution in [3.05, 3.63) is 88.2 Å². The molecular formula is C22H20F2N2O4S. The van der Waals surface area contributed by atoms with Crippen molar-refractivity contribution in [3.63, 3.8) is 0 Å². The Morgan fingerprint density at radius 2 is 1.84 bits per heavy atom. The predicted molar refractivity (Wildman–Crippen MR) is 116 cm³/mol. The zero-order valence-electron chi connectivity index (χ0n) is 16.9. The molecule has 3 rings (SSSR count). The molecule has 0 bridgehead atoms. The van der Waals surface area contributed by atoms with Gasteiger partial charge in [-0.05, 0) is 42.8 Å². The highest BCUT2D eigenvalue weighted by molar-refractivity contribution is 7.95. The average Bonchev–Trinajstić information content (AvgIpc) is 2.72. The first-order valence-corrected chi connectivity index (χ1v) is 10.8. The van der Waals surface area contributed by atoms with Crippen molar-refractivity contribution >= 4 is 15.7 Å². The summed E-state index contributed by atoms with van der Waals surface area (Å²) < 4.78 is 60.6. The average molecular weight is 446 g/mol. The maximum absolute atomic E-state index is 14.1. The number of aromatic nitrogens is 1. The van der Waals surface area contributed by atoms with Gasteiger partial charge in [0.25, 0.3) is 15.6 Å². The Balaban J connectivity index is 2.18. The topological polar surface area (TPSA) is 77.4 Å². The fraction of sp³-hybridized carbons (Fsp3) is 0.136. The molecule has 0 fully saturated rings. The minimum absolute atomic E-state index is 0.165. The van der Waals surface area contributed by atoms with Crippen LogP contribution in [-0.4, -0.2) is 13.0 Å². The fourth-order valence-electron chi connectivity index (χ4n) is 2.97. The molecule has 9 heteroatoms. The van der Waals surface area contributed by atoms with Gasteiger partial charge < -0.3 is 9.30 Å². The van der Waals surface area contributed by atoms with E-state index in [9.17, 15) is 22.0 Å². The molecule has 1 N–H and O–H groups in total. The summed E-state index contributed by atoms with van der Waals surface area (Å²) in [7, 11) is -2.17. The van der Waals surface area contributed by atoms with Gasteiger partial charge in [0.15, 0.2) is 11.6 Å². The Morgan fingerprint density at radius 1 is 1.13 bits per heavy atom. The molecule has 3 aromatic rings. The van der Waals surface area contributed by atoms with Gasteiger partial charge in [-0.15, -0.1) is 0 Å². The first kappa shape index (κ1) is 22.2. The number of pyridine rings is 1. The molecule has 31 heavy (non-hydrogen) atoms. The predicted octanol–water partition coefficient (Wildman–Crippen LogP) is 4.57. The van der Waals surface area contributed by atoms with E-state index in [0.717, 1.165) is 17.5 Å². The number of sulfonamides is 1. The smallest absolute Gasteiger partial charge is 0.254 e. The third-order valence-corrected chi connectivity index (χ3v) is 5.48. The molecule has 0 saturated carbocycles. The molecule has 0 amide bonds. The van der Waals surface area contributed by atoms with Gasteiger partial charge in [0, 0.05) is 47.1 Å². The van der Waals surface area contributed by atoms with Crippen LogP contribution >= 0.6 is 0 Å². The van der Waals surface area contributed by atoms with Crippen LogP contribution in [0, 0.1) is 11.6 Å². The lowest BCUT2D eigenvalue weighted by Crippen LogP contribution is -2.20. The lowest BCUT2D eigenvalue weighted by Gasteiger charge is -2.15. The summed E-state index contributed by atoms with van der Waals surface area (Å²) in [6.07, 6.45) is 2.04. The van der Waals surface area contributed by atoms with E-state index in [1.54, 1.807) is 19.3 Å². The lowest BCUT2D eigenvalue weighted by atomic mass is 10.0. The second kappa shape index (κ2) is 8.73. The van der Waals surface area contributed by atoms with Gasteiger partial charge in [-0.3, -0.25) is 9.52 Å². The van der Waals surface area contributed by atoms with Gasteiger partial charge in [0.2, 0.25) is 0 Å². The number of hydrogen-bond donors (Lipinski definition) is 1. The molecule has 162 valence electrons. The van der Waals surface area contributed by atoms with E-state index in [1.165, 1.54) is 22.8 Å². The number of halogens is 2. The van der Waals surface area contributed by atoms with Crippen LogP contribution in [0.1, 0.15) is 12.5 Å². The van der Waals surface area contributed by atoms with Gasteiger partial charge in [0.05, 0.1) is 0 Å². The van der Waals surface area contributed by atoms with Gasteiger partial charge in [-0.25, -0.2) is 17.2 Å². The van der Waals surface area contributed by atoms with Crippen LogP contribution in [0.3, 0.4) is 0 Å². The number of ether oxygens (including phenoxy) is 1. The first-order valence-electron chi connectivity index (χ1n) is 9.25. The summed E-state index contributed by atoms with van der Waals surface area (Å²) in [5.74, 6) is -1.66.